The highest BCUT2D eigenvalue weighted by Gasteiger charge is 2.15. The molecular weight excluding hydrogens is 356 g/mol. The highest BCUT2D eigenvalue weighted by molar-refractivity contribution is 7.98. The van der Waals surface area contributed by atoms with Gasteiger partial charge < -0.3 is 13.9 Å². The molecular formula is C18H12N2O3S2. The number of hydrogen-bond donors (Lipinski definition) is 0. The first kappa shape index (κ1) is 14.8. The van der Waals surface area contributed by atoms with E-state index in [9.17, 15) is 0 Å². The van der Waals surface area contributed by atoms with Gasteiger partial charge in [0.25, 0.3) is 5.22 Å². The molecule has 2 aromatic carbocycles. The van der Waals surface area contributed by atoms with Crippen LogP contribution >= 0.6 is 23.1 Å². The van der Waals surface area contributed by atoms with E-state index < -0.39 is 0 Å². The third-order valence-corrected chi connectivity index (χ3v) is 5.59. The van der Waals surface area contributed by atoms with Crippen molar-refractivity contribution in [3.8, 4) is 22.1 Å². The Balaban J connectivity index is 1.32. The minimum atomic E-state index is 0.281. The number of oxazole rings is 1. The van der Waals surface area contributed by atoms with Crippen LogP contribution in [0.25, 0.3) is 21.7 Å². The Morgan fingerprint density at radius 3 is 2.92 bits per heavy atom. The van der Waals surface area contributed by atoms with Crippen LogP contribution in [-0.2, 0) is 5.75 Å². The van der Waals surface area contributed by atoms with Crippen LogP contribution in [0.5, 0.6) is 11.5 Å². The first-order valence-electron chi connectivity index (χ1n) is 7.68. The van der Waals surface area contributed by atoms with Crippen molar-refractivity contribution in [2.75, 3.05) is 6.79 Å². The molecule has 2 aromatic heterocycles. The summed E-state index contributed by atoms with van der Waals surface area (Å²) in [5.74, 6) is 2.27. The molecule has 3 heterocycles. The zero-order chi connectivity index (χ0) is 16.6. The van der Waals surface area contributed by atoms with E-state index in [1.807, 2.05) is 42.5 Å². The molecule has 5 nitrogen and oxygen atoms in total. The maximum Gasteiger partial charge on any atom is 0.257 e. The van der Waals surface area contributed by atoms with Gasteiger partial charge in [0, 0.05) is 16.7 Å². The second-order valence-electron chi connectivity index (χ2n) is 5.45. The predicted octanol–water partition coefficient (Wildman–Crippen LogP) is 4.97. The summed E-state index contributed by atoms with van der Waals surface area (Å²) in [6.07, 6.45) is 0. The first-order valence-corrected chi connectivity index (χ1v) is 9.54. The molecule has 7 heteroatoms. The minimum Gasteiger partial charge on any atom is -0.454 e. The van der Waals surface area contributed by atoms with Crippen molar-refractivity contribution in [2.45, 2.75) is 11.0 Å². The van der Waals surface area contributed by atoms with Gasteiger partial charge in [-0.15, -0.1) is 11.3 Å². The standard InChI is InChI=1S/C18H12N2O3S2/c1-2-4-14-13(3-1)20-18(23-14)25-9-12-8-24-17(19-12)11-5-6-15-16(7-11)22-10-21-15/h1-8H,9-10H2. The fraction of sp³-hybridized carbons (Fsp3) is 0.111. The van der Waals surface area contributed by atoms with E-state index in [4.69, 9.17) is 18.9 Å². The molecule has 124 valence electrons. The Hall–Kier alpha value is -2.51. The monoisotopic (exact) mass is 368 g/mol. The largest absolute Gasteiger partial charge is 0.454 e. The second-order valence-corrected chi connectivity index (χ2v) is 7.23. The van der Waals surface area contributed by atoms with E-state index >= 15 is 0 Å². The number of nitrogens with zero attached hydrogens (tertiary/aromatic N) is 2. The molecule has 0 atom stereocenters. The highest BCUT2D eigenvalue weighted by atomic mass is 32.2. The number of aromatic nitrogens is 2. The predicted molar refractivity (Wildman–Crippen MR) is 97.2 cm³/mol. The number of rotatable bonds is 4. The summed E-state index contributed by atoms with van der Waals surface area (Å²) in [4.78, 5) is 9.18. The lowest BCUT2D eigenvalue weighted by Crippen LogP contribution is -1.92. The molecule has 4 aromatic rings. The Labute approximate surface area is 151 Å². The van der Waals surface area contributed by atoms with Crippen molar-refractivity contribution in [1.29, 1.82) is 0 Å². The Morgan fingerprint density at radius 1 is 1.04 bits per heavy atom. The van der Waals surface area contributed by atoms with Crippen molar-refractivity contribution < 1.29 is 13.9 Å². The zero-order valence-corrected chi connectivity index (χ0v) is 14.6. The molecule has 0 amide bonds. The van der Waals surface area contributed by atoms with Gasteiger partial charge in [-0.2, -0.15) is 0 Å². The third-order valence-electron chi connectivity index (χ3n) is 3.79. The smallest absolute Gasteiger partial charge is 0.257 e. The van der Waals surface area contributed by atoms with E-state index in [0.717, 1.165) is 38.9 Å². The van der Waals surface area contributed by atoms with Gasteiger partial charge >= 0.3 is 0 Å². The summed E-state index contributed by atoms with van der Waals surface area (Å²) in [5.41, 5.74) is 3.73. The van der Waals surface area contributed by atoms with Crippen LogP contribution in [0.2, 0.25) is 0 Å². The fourth-order valence-corrected chi connectivity index (χ4v) is 4.24. The normalized spacial score (nSPS) is 12.8. The molecule has 0 N–H and O–H groups in total. The Morgan fingerprint density at radius 2 is 1.96 bits per heavy atom. The summed E-state index contributed by atoms with van der Waals surface area (Å²) >= 11 is 3.17. The average molecular weight is 368 g/mol. The SMILES string of the molecule is c1ccc2oc(SCc3csc(-c4ccc5c(c4)OCO5)n3)nc2c1. The number of hydrogen-bond acceptors (Lipinski definition) is 7. The van der Waals surface area contributed by atoms with Crippen LogP contribution < -0.4 is 9.47 Å². The third kappa shape index (κ3) is 2.85. The van der Waals surface area contributed by atoms with Gasteiger partial charge in [0.15, 0.2) is 17.1 Å². The molecule has 5 rings (SSSR count). The van der Waals surface area contributed by atoms with E-state index in [2.05, 4.69) is 10.4 Å². The zero-order valence-electron chi connectivity index (χ0n) is 13.0. The van der Waals surface area contributed by atoms with Crippen LogP contribution in [-0.4, -0.2) is 16.8 Å². The quantitative estimate of drug-likeness (QED) is 0.474. The van der Waals surface area contributed by atoms with Gasteiger partial charge in [-0.1, -0.05) is 23.9 Å². The van der Waals surface area contributed by atoms with Gasteiger partial charge in [-0.3, -0.25) is 0 Å². The summed E-state index contributed by atoms with van der Waals surface area (Å²) in [5, 5.41) is 3.69. The van der Waals surface area contributed by atoms with Gasteiger partial charge in [-0.05, 0) is 30.3 Å². The van der Waals surface area contributed by atoms with Gasteiger partial charge in [-0.25, -0.2) is 9.97 Å². The molecule has 0 unspecified atom stereocenters. The molecule has 0 bridgehead atoms. The van der Waals surface area contributed by atoms with Crippen molar-refractivity contribution in [2.24, 2.45) is 0 Å². The molecule has 0 saturated carbocycles. The fourth-order valence-electron chi connectivity index (χ4n) is 2.58. The number of para-hydroxylation sites is 2. The topological polar surface area (TPSA) is 57.4 Å². The van der Waals surface area contributed by atoms with Crippen molar-refractivity contribution in [3.05, 3.63) is 53.5 Å². The number of ether oxygens (including phenoxy) is 2. The van der Waals surface area contributed by atoms with E-state index in [1.165, 1.54) is 0 Å². The van der Waals surface area contributed by atoms with Gasteiger partial charge in [0.05, 0.1) is 5.69 Å². The highest BCUT2D eigenvalue weighted by Crippen LogP contribution is 2.37. The second kappa shape index (κ2) is 6.09. The van der Waals surface area contributed by atoms with Crippen LogP contribution in [0.3, 0.4) is 0 Å². The van der Waals surface area contributed by atoms with Gasteiger partial charge in [0.1, 0.15) is 10.5 Å². The number of benzene rings is 2. The number of thioether (sulfide) groups is 1. The maximum absolute atomic E-state index is 5.73. The van der Waals surface area contributed by atoms with Gasteiger partial charge in [0.2, 0.25) is 6.79 Å². The lowest BCUT2D eigenvalue weighted by Gasteiger charge is -1.99. The summed E-state index contributed by atoms with van der Waals surface area (Å²) in [7, 11) is 0. The van der Waals surface area contributed by atoms with E-state index in [0.29, 0.717) is 11.0 Å². The van der Waals surface area contributed by atoms with Crippen molar-refractivity contribution in [1.82, 2.24) is 9.97 Å². The summed E-state index contributed by atoms with van der Waals surface area (Å²) in [6, 6.07) is 13.7. The molecule has 0 radical (unpaired) electrons. The maximum atomic E-state index is 5.73. The average Bonchev–Trinajstić information content (AvgIpc) is 3.37. The summed E-state index contributed by atoms with van der Waals surface area (Å²) in [6.45, 7) is 0.281. The minimum absolute atomic E-state index is 0.281. The Bertz CT molecular complexity index is 1020. The van der Waals surface area contributed by atoms with Crippen LogP contribution in [0.4, 0.5) is 0 Å². The molecule has 0 aliphatic carbocycles. The molecule has 0 saturated heterocycles. The first-order chi connectivity index (χ1) is 12.3. The lowest BCUT2D eigenvalue weighted by molar-refractivity contribution is 0.174. The molecule has 0 spiro atoms. The molecule has 25 heavy (non-hydrogen) atoms. The van der Waals surface area contributed by atoms with Crippen molar-refractivity contribution in [3.63, 3.8) is 0 Å². The lowest BCUT2D eigenvalue weighted by atomic mass is 10.2. The molecule has 0 fully saturated rings. The molecule has 1 aliphatic rings. The molecule has 1 aliphatic heterocycles. The van der Waals surface area contributed by atoms with E-state index in [-0.39, 0.29) is 6.79 Å². The van der Waals surface area contributed by atoms with Crippen LogP contribution in [0.15, 0.2) is 57.5 Å². The van der Waals surface area contributed by atoms with E-state index in [1.54, 1.807) is 23.1 Å². The number of thiazole rings is 1. The summed E-state index contributed by atoms with van der Waals surface area (Å²) < 4.78 is 16.5. The van der Waals surface area contributed by atoms with Crippen LogP contribution in [0, 0.1) is 0 Å². The number of fused-ring (bicyclic) bond motifs is 2. The Kier molecular flexibility index (Phi) is 3.61. The van der Waals surface area contributed by atoms with Crippen molar-refractivity contribution >= 4 is 34.2 Å². The van der Waals surface area contributed by atoms with Crippen LogP contribution in [0.1, 0.15) is 5.69 Å².